The van der Waals surface area contributed by atoms with Crippen molar-refractivity contribution in [3.05, 3.63) is 27.2 Å². The number of rotatable bonds is 2. The van der Waals surface area contributed by atoms with E-state index in [1.54, 1.807) is 33.8 Å². The number of hydrogen-bond acceptors (Lipinski definition) is 2. The van der Waals surface area contributed by atoms with Crippen LogP contribution in [-0.4, -0.2) is 17.0 Å². The first kappa shape index (κ1) is 15.8. The van der Waals surface area contributed by atoms with Crippen LogP contribution in [0, 0.1) is 12.3 Å². The second-order valence-corrected chi connectivity index (χ2v) is 6.01. The molecule has 0 heterocycles. The summed E-state index contributed by atoms with van der Waals surface area (Å²) < 4.78 is 0. The maximum absolute atomic E-state index is 11.9. The van der Waals surface area contributed by atoms with E-state index in [0.717, 1.165) is 0 Å². The van der Waals surface area contributed by atoms with Crippen LogP contribution in [0.3, 0.4) is 0 Å². The summed E-state index contributed by atoms with van der Waals surface area (Å²) in [5.41, 5.74) is -0.0265. The van der Waals surface area contributed by atoms with Crippen molar-refractivity contribution in [1.82, 2.24) is 0 Å². The molecule has 1 amide bonds. The molecule has 0 aliphatic rings. The minimum absolute atomic E-state index is 0.0688. The van der Waals surface area contributed by atoms with E-state index in [1.165, 1.54) is 0 Å². The van der Waals surface area contributed by atoms with Crippen molar-refractivity contribution < 1.29 is 14.7 Å². The molecule has 0 unspecified atom stereocenters. The minimum atomic E-state index is -1.23. The summed E-state index contributed by atoms with van der Waals surface area (Å²) in [4.78, 5) is 23.1. The van der Waals surface area contributed by atoms with E-state index in [1.807, 2.05) is 0 Å². The molecule has 0 bridgehead atoms. The standard InChI is InChI=1S/C13H15Cl2NO3/c1-6-5-7(16-12(19)13(2,3)4)10(15)8(9(6)14)11(17)18/h5H,1-4H3,(H,16,19)(H,17,18). The Morgan fingerprint density at radius 1 is 1.21 bits per heavy atom. The lowest BCUT2D eigenvalue weighted by Gasteiger charge is -2.19. The number of hydrogen-bond donors (Lipinski definition) is 2. The lowest BCUT2D eigenvalue weighted by atomic mass is 9.95. The van der Waals surface area contributed by atoms with E-state index in [0.29, 0.717) is 5.56 Å². The molecule has 2 N–H and O–H groups in total. The number of carboxylic acids is 1. The Hall–Kier alpha value is -1.26. The van der Waals surface area contributed by atoms with Crippen LogP contribution in [0.2, 0.25) is 10.0 Å². The molecule has 6 heteroatoms. The lowest BCUT2D eigenvalue weighted by molar-refractivity contribution is -0.123. The third-order valence-electron chi connectivity index (χ3n) is 2.53. The molecule has 1 aromatic rings. The summed E-state index contributed by atoms with van der Waals surface area (Å²) >= 11 is 11.9. The number of benzene rings is 1. The Morgan fingerprint density at radius 2 is 1.74 bits per heavy atom. The van der Waals surface area contributed by atoms with Gasteiger partial charge in [0.15, 0.2) is 0 Å². The van der Waals surface area contributed by atoms with Gasteiger partial charge in [0, 0.05) is 5.41 Å². The van der Waals surface area contributed by atoms with Crippen molar-refractivity contribution in [2.45, 2.75) is 27.7 Å². The van der Waals surface area contributed by atoms with Gasteiger partial charge in [-0.25, -0.2) is 4.79 Å². The summed E-state index contributed by atoms with van der Waals surface area (Å²) in [6, 6.07) is 1.56. The highest BCUT2D eigenvalue weighted by Gasteiger charge is 2.25. The second kappa shape index (κ2) is 5.39. The molecule has 1 aromatic carbocycles. The molecule has 19 heavy (non-hydrogen) atoms. The predicted molar refractivity (Wildman–Crippen MR) is 76.2 cm³/mol. The molecule has 0 fully saturated rings. The quantitative estimate of drug-likeness (QED) is 0.868. The number of carboxylic acid groups (broad SMARTS) is 1. The van der Waals surface area contributed by atoms with Gasteiger partial charge in [-0.1, -0.05) is 44.0 Å². The summed E-state index contributed by atoms with van der Waals surface area (Å²) in [7, 11) is 0. The van der Waals surface area contributed by atoms with Gasteiger partial charge in [-0.2, -0.15) is 0 Å². The molecule has 4 nitrogen and oxygen atoms in total. The highest BCUT2D eigenvalue weighted by atomic mass is 35.5. The van der Waals surface area contributed by atoms with Gasteiger partial charge in [-0.05, 0) is 18.6 Å². The molecular weight excluding hydrogens is 289 g/mol. The Labute approximate surface area is 121 Å². The molecule has 0 saturated heterocycles. The van der Waals surface area contributed by atoms with E-state index in [9.17, 15) is 9.59 Å². The predicted octanol–water partition coefficient (Wildman–Crippen LogP) is 3.98. The van der Waals surface area contributed by atoms with Crippen LogP contribution < -0.4 is 5.32 Å². The Bertz CT molecular complexity index is 548. The zero-order valence-corrected chi connectivity index (χ0v) is 12.6. The average Bonchev–Trinajstić information content (AvgIpc) is 2.24. The van der Waals surface area contributed by atoms with Crippen molar-refractivity contribution in [3.63, 3.8) is 0 Å². The van der Waals surface area contributed by atoms with Gasteiger partial charge in [0.2, 0.25) is 5.91 Å². The Morgan fingerprint density at radius 3 is 2.16 bits per heavy atom. The van der Waals surface area contributed by atoms with Gasteiger partial charge in [-0.15, -0.1) is 0 Å². The van der Waals surface area contributed by atoms with Gasteiger partial charge in [0.05, 0.1) is 21.3 Å². The fourth-order valence-corrected chi connectivity index (χ4v) is 1.92. The van der Waals surface area contributed by atoms with Crippen LogP contribution in [-0.2, 0) is 4.79 Å². The van der Waals surface area contributed by atoms with Gasteiger partial charge in [0.25, 0.3) is 0 Å². The zero-order valence-electron chi connectivity index (χ0n) is 11.1. The Kier molecular flexibility index (Phi) is 4.48. The summed E-state index contributed by atoms with van der Waals surface area (Å²) in [5, 5.41) is 11.7. The largest absolute Gasteiger partial charge is 0.478 e. The van der Waals surface area contributed by atoms with E-state index in [4.69, 9.17) is 28.3 Å². The highest BCUT2D eigenvalue weighted by molar-refractivity contribution is 6.41. The molecule has 0 aliphatic carbocycles. The molecule has 0 radical (unpaired) electrons. The number of carbonyl (C=O) groups is 2. The number of halogens is 2. The average molecular weight is 304 g/mol. The SMILES string of the molecule is Cc1cc(NC(=O)C(C)(C)C)c(Cl)c(C(=O)O)c1Cl. The maximum Gasteiger partial charge on any atom is 0.338 e. The van der Waals surface area contributed by atoms with Crippen molar-refractivity contribution >= 4 is 40.8 Å². The van der Waals surface area contributed by atoms with Crippen molar-refractivity contribution in [2.75, 3.05) is 5.32 Å². The Balaban J connectivity index is 3.32. The molecule has 0 aliphatic heterocycles. The second-order valence-electron chi connectivity index (χ2n) is 5.25. The minimum Gasteiger partial charge on any atom is -0.478 e. The molecule has 0 atom stereocenters. The van der Waals surface area contributed by atoms with Crippen molar-refractivity contribution in [3.8, 4) is 0 Å². The number of carbonyl (C=O) groups excluding carboxylic acids is 1. The number of anilines is 1. The van der Waals surface area contributed by atoms with Crippen LogP contribution in [0.15, 0.2) is 6.07 Å². The molecule has 0 aromatic heterocycles. The monoisotopic (exact) mass is 303 g/mol. The highest BCUT2D eigenvalue weighted by Crippen LogP contribution is 2.35. The number of aryl methyl sites for hydroxylation is 1. The van der Waals surface area contributed by atoms with Crippen LogP contribution in [0.4, 0.5) is 5.69 Å². The third kappa shape index (κ3) is 3.39. The molecule has 104 valence electrons. The first-order chi connectivity index (χ1) is 8.55. The van der Waals surface area contributed by atoms with E-state index < -0.39 is 11.4 Å². The fourth-order valence-electron chi connectivity index (χ4n) is 1.36. The summed E-state index contributed by atoms with van der Waals surface area (Å²) in [6.07, 6.45) is 0. The summed E-state index contributed by atoms with van der Waals surface area (Å²) in [5.74, 6) is -1.49. The van der Waals surface area contributed by atoms with Crippen molar-refractivity contribution in [2.24, 2.45) is 5.41 Å². The maximum atomic E-state index is 11.9. The first-order valence-electron chi connectivity index (χ1n) is 5.59. The van der Waals surface area contributed by atoms with Gasteiger partial charge in [-0.3, -0.25) is 4.79 Å². The normalized spacial score (nSPS) is 11.3. The van der Waals surface area contributed by atoms with Crippen LogP contribution in [0.1, 0.15) is 36.7 Å². The van der Waals surface area contributed by atoms with Gasteiger partial charge >= 0.3 is 5.97 Å². The number of nitrogens with one attached hydrogen (secondary N) is 1. The van der Waals surface area contributed by atoms with Gasteiger partial charge in [0.1, 0.15) is 0 Å². The summed E-state index contributed by atoms with van der Waals surface area (Å²) in [6.45, 7) is 6.89. The smallest absolute Gasteiger partial charge is 0.338 e. The molecular formula is C13H15Cl2NO3. The topological polar surface area (TPSA) is 66.4 Å². The van der Waals surface area contributed by atoms with Crippen molar-refractivity contribution in [1.29, 1.82) is 0 Å². The van der Waals surface area contributed by atoms with Crippen LogP contribution in [0.5, 0.6) is 0 Å². The number of amides is 1. The zero-order chi connectivity index (χ0) is 15.0. The van der Waals surface area contributed by atoms with E-state index >= 15 is 0 Å². The third-order valence-corrected chi connectivity index (χ3v) is 3.41. The fraction of sp³-hybridized carbons (Fsp3) is 0.385. The van der Waals surface area contributed by atoms with E-state index in [2.05, 4.69) is 5.32 Å². The molecule has 1 rings (SSSR count). The van der Waals surface area contributed by atoms with Crippen LogP contribution >= 0.6 is 23.2 Å². The van der Waals surface area contributed by atoms with E-state index in [-0.39, 0.29) is 27.2 Å². The molecule has 0 saturated carbocycles. The van der Waals surface area contributed by atoms with Crippen LogP contribution in [0.25, 0.3) is 0 Å². The van der Waals surface area contributed by atoms with Gasteiger partial charge < -0.3 is 10.4 Å². The first-order valence-corrected chi connectivity index (χ1v) is 6.34. The lowest BCUT2D eigenvalue weighted by Crippen LogP contribution is -2.28. The molecule has 0 spiro atoms. The number of aromatic carboxylic acids is 1.